The smallest absolute Gasteiger partial charge is 0.272 e. The molecule has 68 valence electrons. The number of primary sulfonamides is 1. The van der Waals surface area contributed by atoms with Crippen LogP contribution in [0.15, 0.2) is 12.3 Å². The van der Waals surface area contributed by atoms with Crippen LogP contribution in [0.4, 0.5) is 0 Å². The molecule has 0 aromatic carbocycles. The van der Waals surface area contributed by atoms with Crippen LogP contribution in [-0.2, 0) is 19.6 Å². The number of ketones is 1. The van der Waals surface area contributed by atoms with E-state index >= 15 is 0 Å². The minimum Gasteiger partial charge on any atom is -0.468 e. The van der Waals surface area contributed by atoms with Gasteiger partial charge in [-0.25, -0.2) is 13.6 Å². The molecule has 1 rings (SSSR count). The van der Waals surface area contributed by atoms with E-state index in [2.05, 4.69) is 17.4 Å². The van der Waals surface area contributed by atoms with Crippen LogP contribution in [0.1, 0.15) is 6.42 Å². The Morgan fingerprint density at radius 3 is 2.58 bits per heavy atom. The van der Waals surface area contributed by atoms with Crippen LogP contribution in [0.25, 0.3) is 0 Å². The van der Waals surface area contributed by atoms with Gasteiger partial charge in [-0.15, -0.1) is 12.6 Å². The Morgan fingerprint density at radius 2 is 2.25 bits per heavy atom. The van der Waals surface area contributed by atoms with Crippen LogP contribution in [0.3, 0.4) is 0 Å². The lowest BCUT2D eigenvalue weighted by atomic mass is 10.2. The number of rotatable bonds is 1. The predicted octanol–water partition coefficient (Wildman–Crippen LogP) is -0.638. The molecule has 1 aliphatic rings. The Bertz CT molecular complexity index is 333. The monoisotopic (exact) mass is 209 g/mol. The number of hydrogen-bond donors (Lipinski definition) is 2. The third kappa shape index (κ3) is 1.62. The van der Waals surface area contributed by atoms with Gasteiger partial charge < -0.3 is 4.74 Å². The number of hydrogen-bond acceptors (Lipinski definition) is 5. The number of allylic oxidation sites excluding steroid dienone is 1. The molecule has 1 aliphatic heterocycles. The van der Waals surface area contributed by atoms with Crippen molar-refractivity contribution in [1.82, 2.24) is 0 Å². The van der Waals surface area contributed by atoms with Gasteiger partial charge in [0.05, 0.1) is 12.7 Å². The Morgan fingerprint density at radius 1 is 1.67 bits per heavy atom. The highest BCUT2D eigenvalue weighted by molar-refractivity contribution is 8.04. The minimum absolute atomic E-state index is 0.370. The average molecular weight is 209 g/mol. The lowest BCUT2D eigenvalue weighted by Crippen LogP contribution is -2.42. The van der Waals surface area contributed by atoms with E-state index in [0.717, 1.165) is 12.3 Å². The summed E-state index contributed by atoms with van der Waals surface area (Å²) in [5.74, 6) is -0.384. The Balaban J connectivity index is 3.04. The highest BCUT2D eigenvalue weighted by Gasteiger charge is 2.43. The predicted molar refractivity (Wildman–Crippen MR) is 44.7 cm³/mol. The Kier molecular flexibility index (Phi) is 2.19. The maximum Gasteiger partial charge on any atom is 0.272 e. The van der Waals surface area contributed by atoms with Crippen molar-refractivity contribution in [1.29, 1.82) is 0 Å². The first-order chi connectivity index (χ1) is 5.35. The van der Waals surface area contributed by atoms with Crippen molar-refractivity contribution in [2.24, 2.45) is 5.14 Å². The molecule has 0 aromatic rings. The largest absolute Gasteiger partial charge is 0.468 e. The standard InChI is InChI=1S/C5H7NO4S2/c6-12(8,9)5(11)3-4(7)1-2-10-5/h1-2,11H,3H2,(H2,6,8,9). The summed E-state index contributed by atoms with van der Waals surface area (Å²) < 4.78 is 24.4. The first-order valence-corrected chi connectivity index (χ1v) is 4.96. The summed E-state index contributed by atoms with van der Waals surface area (Å²) in [6, 6.07) is 0. The van der Waals surface area contributed by atoms with E-state index in [1.165, 1.54) is 0 Å². The van der Waals surface area contributed by atoms with Crippen LogP contribution in [0.5, 0.6) is 0 Å². The molecule has 0 bridgehead atoms. The molecule has 0 radical (unpaired) electrons. The van der Waals surface area contributed by atoms with Gasteiger partial charge in [0.1, 0.15) is 0 Å². The second-order valence-corrected chi connectivity index (χ2v) is 5.10. The zero-order chi connectivity index (χ0) is 9.41. The third-order valence-electron chi connectivity index (χ3n) is 1.35. The van der Waals surface area contributed by atoms with E-state index in [0.29, 0.717) is 0 Å². The normalized spacial score (nSPS) is 30.0. The summed E-state index contributed by atoms with van der Waals surface area (Å²) in [6.07, 6.45) is 1.73. The number of sulfonamides is 1. The van der Waals surface area contributed by atoms with Crippen molar-refractivity contribution < 1.29 is 17.9 Å². The molecule has 5 nitrogen and oxygen atoms in total. The molecule has 0 saturated heterocycles. The molecule has 0 spiro atoms. The van der Waals surface area contributed by atoms with E-state index in [9.17, 15) is 13.2 Å². The van der Waals surface area contributed by atoms with E-state index in [4.69, 9.17) is 5.14 Å². The van der Waals surface area contributed by atoms with Gasteiger partial charge in [-0.2, -0.15) is 0 Å². The summed E-state index contributed by atoms with van der Waals surface area (Å²) in [6.45, 7) is 0. The van der Waals surface area contributed by atoms with Crippen molar-refractivity contribution in [3.05, 3.63) is 12.3 Å². The first-order valence-electron chi connectivity index (χ1n) is 2.97. The number of ether oxygens (including phenoxy) is 1. The molecule has 1 heterocycles. The number of carbonyl (C=O) groups is 1. The van der Waals surface area contributed by atoms with Crippen molar-refractivity contribution in [2.75, 3.05) is 0 Å². The molecule has 0 fully saturated rings. The quantitative estimate of drug-likeness (QED) is 0.562. The number of thiol groups is 1. The van der Waals surface area contributed by atoms with Crippen LogP contribution in [0, 0.1) is 0 Å². The van der Waals surface area contributed by atoms with Crippen LogP contribution in [-0.4, -0.2) is 18.5 Å². The molecule has 1 unspecified atom stereocenters. The van der Waals surface area contributed by atoms with Gasteiger partial charge in [0, 0.05) is 6.08 Å². The summed E-state index contributed by atoms with van der Waals surface area (Å²) in [4.78, 5) is 10.8. The maximum atomic E-state index is 10.8. The summed E-state index contributed by atoms with van der Waals surface area (Å²) in [7, 11) is -3.99. The van der Waals surface area contributed by atoms with Gasteiger partial charge in [0.25, 0.3) is 14.3 Å². The second kappa shape index (κ2) is 2.75. The third-order valence-corrected chi connectivity index (χ3v) is 3.51. The van der Waals surface area contributed by atoms with Crippen LogP contribution < -0.4 is 5.14 Å². The summed E-state index contributed by atoms with van der Waals surface area (Å²) in [5, 5.41) is 4.79. The first kappa shape index (κ1) is 9.56. The number of carbonyl (C=O) groups excluding carboxylic acids is 1. The van der Waals surface area contributed by atoms with Gasteiger partial charge >= 0.3 is 0 Å². The van der Waals surface area contributed by atoms with Gasteiger partial charge in [-0.1, -0.05) is 0 Å². The van der Waals surface area contributed by atoms with Crippen molar-refractivity contribution in [3.63, 3.8) is 0 Å². The zero-order valence-corrected chi connectivity index (χ0v) is 7.64. The van der Waals surface area contributed by atoms with Gasteiger partial charge in [-0.05, 0) is 0 Å². The molecule has 0 aliphatic carbocycles. The fraction of sp³-hybridized carbons (Fsp3) is 0.400. The zero-order valence-electron chi connectivity index (χ0n) is 5.93. The maximum absolute atomic E-state index is 10.8. The topological polar surface area (TPSA) is 86.5 Å². The van der Waals surface area contributed by atoms with Crippen molar-refractivity contribution in [2.45, 2.75) is 10.7 Å². The molecule has 0 aromatic heterocycles. The number of nitrogens with two attached hydrogens (primary N) is 1. The fourth-order valence-electron chi connectivity index (χ4n) is 0.705. The minimum atomic E-state index is -3.99. The lowest BCUT2D eigenvalue weighted by Gasteiger charge is -2.26. The molecule has 1 atom stereocenters. The van der Waals surface area contributed by atoms with E-state index in [1.54, 1.807) is 0 Å². The van der Waals surface area contributed by atoms with Crippen molar-refractivity contribution in [3.8, 4) is 0 Å². The summed E-state index contributed by atoms with van der Waals surface area (Å²) >= 11 is 3.68. The molecule has 2 N–H and O–H groups in total. The SMILES string of the molecule is NS(=O)(=O)C1(S)CC(=O)C=CO1. The van der Waals surface area contributed by atoms with Crippen molar-refractivity contribution >= 4 is 28.4 Å². The molecular weight excluding hydrogens is 202 g/mol. The molecule has 12 heavy (non-hydrogen) atoms. The molecule has 0 amide bonds. The molecule has 0 saturated carbocycles. The highest BCUT2D eigenvalue weighted by atomic mass is 32.3. The highest BCUT2D eigenvalue weighted by Crippen LogP contribution is 2.29. The van der Waals surface area contributed by atoms with Gasteiger partial charge in [0.15, 0.2) is 5.78 Å². The average Bonchev–Trinajstić information content (AvgIpc) is 1.83. The van der Waals surface area contributed by atoms with Crippen LogP contribution >= 0.6 is 12.6 Å². The van der Waals surface area contributed by atoms with E-state index < -0.39 is 14.3 Å². The fourth-order valence-corrected chi connectivity index (χ4v) is 1.45. The second-order valence-electron chi connectivity index (χ2n) is 2.32. The Hall–Kier alpha value is -0.530. The molecule has 7 heteroatoms. The van der Waals surface area contributed by atoms with E-state index in [1.807, 2.05) is 0 Å². The Labute approximate surface area is 75.0 Å². The van der Waals surface area contributed by atoms with Gasteiger partial charge in [0.2, 0.25) is 0 Å². The van der Waals surface area contributed by atoms with E-state index in [-0.39, 0.29) is 12.2 Å². The molecular formula is C5H7NO4S2. The lowest BCUT2D eigenvalue weighted by molar-refractivity contribution is -0.117. The van der Waals surface area contributed by atoms with Gasteiger partial charge in [-0.3, -0.25) is 4.79 Å². The summed E-state index contributed by atoms with van der Waals surface area (Å²) in [5.41, 5.74) is 0. The van der Waals surface area contributed by atoms with Crippen LogP contribution in [0.2, 0.25) is 0 Å².